The number of hydrogen-bond donors (Lipinski definition) is 1. The lowest BCUT2D eigenvalue weighted by molar-refractivity contribution is -0.128. The summed E-state index contributed by atoms with van der Waals surface area (Å²) in [5.41, 5.74) is 6.55. The highest BCUT2D eigenvalue weighted by Crippen LogP contribution is 2.20. The first-order chi connectivity index (χ1) is 9.70. The van der Waals surface area contributed by atoms with Crippen molar-refractivity contribution in [2.45, 2.75) is 0 Å². The van der Waals surface area contributed by atoms with Gasteiger partial charge in [0.15, 0.2) is 0 Å². The zero-order chi connectivity index (χ0) is 14.4. The minimum absolute atomic E-state index is 0.217. The van der Waals surface area contributed by atoms with Crippen LogP contribution in [0.5, 0.6) is 0 Å². The average Bonchev–Trinajstić information content (AvgIpc) is 2.47. The summed E-state index contributed by atoms with van der Waals surface area (Å²) in [6, 6.07) is 7.86. The third kappa shape index (κ3) is 4.30. The zero-order valence-corrected chi connectivity index (χ0v) is 13.0. The standard InChI is InChI=1S/C14H20ClN3OS/c15-12-2-1-3-13(10-12)17-5-7-18(8-6-17)14(19)11-20-9-4-16/h1-3,10H,4-9,11,16H2. The predicted molar refractivity (Wildman–Crippen MR) is 86.6 cm³/mol. The van der Waals surface area contributed by atoms with Gasteiger partial charge in [0.1, 0.15) is 0 Å². The van der Waals surface area contributed by atoms with Crippen molar-refractivity contribution < 1.29 is 4.79 Å². The highest BCUT2D eigenvalue weighted by atomic mass is 35.5. The normalized spacial score (nSPS) is 15.5. The van der Waals surface area contributed by atoms with Gasteiger partial charge in [-0.15, -0.1) is 0 Å². The summed E-state index contributed by atoms with van der Waals surface area (Å²) < 4.78 is 0. The molecule has 6 heteroatoms. The Kier molecular flexibility index (Phi) is 6.01. The van der Waals surface area contributed by atoms with E-state index in [9.17, 15) is 4.79 Å². The molecule has 0 radical (unpaired) electrons. The van der Waals surface area contributed by atoms with Crippen molar-refractivity contribution in [1.29, 1.82) is 0 Å². The van der Waals surface area contributed by atoms with Crippen molar-refractivity contribution >= 4 is 35.0 Å². The van der Waals surface area contributed by atoms with Gasteiger partial charge in [0.2, 0.25) is 5.91 Å². The second kappa shape index (κ2) is 7.76. The Morgan fingerprint density at radius 1 is 1.30 bits per heavy atom. The molecule has 20 heavy (non-hydrogen) atoms. The van der Waals surface area contributed by atoms with Gasteiger partial charge in [0, 0.05) is 49.2 Å². The Morgan fingerprint density at radius 3 is 2.70 bits per heavy atom. The zero-order valence-electron chi connectivity index (χ0n) is 11.4. The van der Waals surface area contributed by atoms with E-state index in [1.165, 1.54) is 0 Å². The number of benzene rings is 1. The van der Waals surface area contributed by atoms with Crippen molar-refractivity contribution in [3.63, 3.8) is 0 Å². The molecule has 1 aliphatic rings. The molecule has 0 saturated carbocycles. The van der Waals surface area contributed by atoms with E-state index in [4.69, 9.17) is 17.3 Å². The fourth-order valence-corrected chi connectivity index (χ4v) is 3.07. The molecule has 1 aromatic carbocycles. The summed E-state index contributed by atoms with van der Waals surface area (Å²) in [4.78, 5) is 16.2. The smallest absolute Gasteiger partial charge is 0.232 e. The predicted octanol–water partition coefficient (Wildman–Crippen LogP) is 1.68. The molecule has 0 atom stereocenters. The quantitative estimate of drug-likeness (QED) is 0.840. The molecule has 2 rings (SSSR count). The van der Waals surface area contributed by atoms with Gasteiger partial charge in [-0.3, -0.25) is 4.79 Å². The van der Waals surface area contributed by atoms with Gasteiger partial charge < -0.3 is 15.5 Å². The maximum absolute atomic E-state index is 12.0. The maximum atomic E-state index is 12.0. The molecule has 1 aliphatic heterocycles. The molecule has 1 amide bonds. The van der Waals surface area contributed by atoms with Gasteiger partial charge in [0.25, 0.3) is 0 Å². The molecule has 0 aliphatic carbocycles. The lowest BCUT2D eigenvalue weighted by atomic mass is 10.2. The summed E-state index contributed by atoms with van der Waals surface area (Å²) in [7, 11) is 0. The summed E-state index contributed by atoms with van der Waals surface area (Å²) in [5.74, 6) is 1.59. The molecule has 0 aromatic heterocycles. The minimum Gasteiger partial charge on any atom is -0.368 e. The Morgan fingerprint density at radius 2 is 2.05 bits per heavy atom. The van der Waals surface area contributed by atoms with Crippen LogP contribution in [-0.2, 0) is 4.79 Å². The van der Waals surface area contributed by atoms with Crippen molar-refractivity contribution in [2.75, 3.05) is 49.1 Å². The first-order valence-electron chi connectivity index (χ1n) is 6.77. The molecule has 110 valence electrons. The summed E-state index contributed by atoms with van der Waals surface area (Å²) in [6.45, 7) is 3.88. The van der Waals surface area contributed by atoms with Crippen LogP contribution >= 0.6 is 23.4 Å². The molecular formula is C14H20ClN3OS. The number of nitrogens with zero attached hydrogens (tertiary/aromatic N) is 2. The molecular weight excluding hydrogens is 294 g/mol. The molecule has 0 unspecified atom stereocenters. The second-order valence-corrected chi connectivity index (χ2v) is 6.23. The monoisotopic (exact) mass is 313 g/mol. The first kappa shape index (κ1) is 15.5. The Bertz CT molecular complexity index is 450. The van der Waals surface area contributed by atoms with Crippen LogP contribution in [0.4, 0.5) is 5.69 Å². The van der Waals surface area contributed by atoms with E-state index in [-0.39, 0.29) is 5.91 Å². The third-order valence-electron chi connectivity index (χ3n) is 3.29. The number of carbonyl (C=O) groups is 1. The van der Waals surface area contributed by atoms with Gasteiger partial charge in [-0.25, -0.2) is 0 Å². The largest absolute Gasteiger partial charge is 0.368 e. The average molecular weight is 314 g/mol. The van der Waals surface area contributed by atoms with Crippen LogP contribution < -0.4 is 10.6 Å². The molecule has 0 spiro atoms. The van der Waals surface area contributed by atoms with E-state index >= 15 is 0 Å². The number of rotatable bonds is 5. The topological polar surface area (TPSA) is 49.6 Å². The molecule has 4 nitrogen and oxygen atoms in total. The second-order valence-electron chi connectivity index (χ2n) is 4.69. The van der Waals surface area contributed by atoms with E-state index in [0.717, 1.165) is 42.6 Å². The van der Waals surface area contributed by atoms with Crippen LogP contribution in [0.25, 0.3) is 0 Å². The number of amides is 1. The van der Waals surface area contributed by atoms with Crippen LogP contribution in [0.2, 0.25) is 5.02 Å². The van der Waals surface area contributed by atoms with Gasteiger partial charge in [0.05, 0.1) is 5.75 Å². The number of thioether (sulfide) groups is 1. The Labute approximate surface area is 129 Å². The number of anilines is 1. The van der Waals surface area contributed by atoms with E-state index in [1.807, 2.05) is 23.1 Å². The van der Waals surface area contributed by atoms with Crippen LogP contribution in [0.3, 0.4) is 0 Å². The summed E-state index contributed by atoms with van der Waals surface area (Å²) in [6.07, 6.45) is 0. The Balaban J connectivity index is 1.81. The Hall–Kier alpha value is -0.910. The molecule has 2 N–H and O–H groups in total. The van der Waals surface area contributed by atoms with Gasteiger partial charge >= 0.3 is 0 Å². The van der Waals surface area contributed by atoms with E-state index < -0.39 is 0 Å². The number of halogens is 1. The van der Waals surface area contributed by atoms with E-state index in [0.29, 0.717) is 12.3 Å². The lowest BCUT2D eigenvalue weighted by Gasteiger charge is -2.36. The fourth-order valence-electron chi connectivity index (χ4n) is 2.22. The maximum Gasteiger partial charge on any atom is 0.232 e. The van der Waals surface area contributed by atoms with Gasteiger partial charge in [-0.2, -0.15) is 11.8 Å². The van der Waals surface area contributed by atoms with Crippen LogP contribution in [0, 0.1) is 0 Å². The van der Waals surface area contributed by atoms with Crippen molar-refractivity contribution in [3.8, 4) is 0 Å². The summed E-state index contributed by atoms with van der Waals surface area (Å²) >= 11 is 7.62. The number of carbonyl (C=O) groups excluding carboxylic acids is 1. The number of hydrogen-bond acceptors (Lipinski definition) is 4. The van der Waals surface area contributed by atoms with Crippen molar-refractivity contribution in [3.05, 3.63) is 29.3 Å². The van der Waals surface area contributed by atoms with Crippen molar-refractivity contribution in [2.24, 2.45) is 5.73 Å². The van der Waals surface area contributed by atoms with E-state index in [2.05, 4.69) is 11.0 Å². The molecule has 1 saturated heterocycles. The van der Waals surface area contributed by atoms with Crippen LogP contribution in [-0.4, -0.2) is 55.0 Å². The minimum atomic E-state index is 0.217. The summed E-state index contributed by atoms with van der Waals surface area (Å²) in [5, 5.41) is 0.749. The number of piperazine rings is 1. The third-order valence-corrected chi connectivity index (χ3v) is 4.50. The van der Waals surface area contributed by atoms with Crippen molar-refractivity contribution in [1.82, 2.24) is 4.90 Å². The van der Waals surface area contributed by atoms with Gasteiger partial charge in [-0.05, 0) is 18.2 Å². The highest BCUT2D eigenvalue weighted by Gasteiger charge is 2.21. The SMILES string of the molecule is NCCSCC(=O)N1CCN(c2cccc(Cl)c2)CC1. The molecule has 1 fully saturated rings. The van der Waals surface area contributed by atoms with Crippen LogP contribution in [0.1, 0.15) is 0 Å². The highest BCUT2D eigenvalue weighted by molar-refractivity contribution is 7.99. The number of nitrogens with two attached hydrogens (primary N) is 1. The molecule has 1 heterocycles. The first-order valence-corrected chi connectivity index (χ1v) is 8.30. The fraction of sp³-hybridized carbons (Fsp3) is 0.500. The lowest BCUT2D eigenvalue weighted by Crippen LogP contribution is -2.49. The van der Waals surface area contributed by atoms with Crippen LogP contribution in [0.15, 0.2) is 24.3 Å². The van der Waals surface area contributed by atoms with Gasteiger partial charge in [-0.1, -0.05) is 17.7 Å². The molecule has 1 aromatic rings. The van der Waals surface area contributed by atoms with E-state index in [1.54, 1.807) is 11.8 Å². The molecule has 0 bridgehead atoms.